The molecule has 0 aromatic heterocycles. The van der Waals surface area contributed by atoms with Crippen LogP contribution in [-0.2, 0) is 0 Å². The predicted molar refractivity (Wildman–Crippen MR) is 104 cm³/mol. The summed E-state index contributed by atoms with van der Waals surface area (Å²) >= 11 is 0. The van der Waals surface area contributed by atoms with E-state index in [9.17, 15) is 4.79 Å². The Bertz CT molecular complexity index is 1020. The van der Waals surface area contributed by atoms with Crippen molar-refractivity contribution in [1.29, 1.82) is 0 Å². The summed E-state index contributed by atoms with van der Waals surface area (Å²) in [6.07, 6.45) is 6.83. The van der Waals surface area contributed by atoms with E-state index in [4.69, 9.17) is 16.9 Å². The molecular formula is C21H17N3O2. The Labute approximate surface area is 151 Å². The molecule has 0 aliphatic rings. The summed E-state index contributed by atoms with van der Waals surface area (Å²) in [5.41, 5.74) is 9.79. The van der Waals surface area contributed by atoms with E-state index in [1.807, 2.05) is 36.4 Å². The molecule has 1 amide bonds. The van der Waals surface area contributed by atoms with Gasteiger partial charge in [0.25, 0.3) is 5.91 Å². The minimum absolute atomic E-state index is 0.145. The zero-order chi connectivity index (χ0) is 18.4. The number of terminal acetylenes is 1. The first kappa shape index (κ1) is 17.1. The molecule has 0 spiro atoms. The number of anilines is 1. The van der Waals surface area contributed by atoms with E-state index in [1.54, 1.807) is 30.5 Å². The number of nitrogens with zero attached hydrogens (tertiary/aromatic N) is 1. The molecule has 3 aromatic rings. The lowest BCUT2D eigenvalue weighted by Crippen LogP contribution is -2.19. The van der Waals surface area contributed by atoms with Crippen molar-refractivity contribution in [2.75, 3.05) is 12.3 Å². The Kier molecular flexibility index (Phi) is 5.16. The second kappa shape index (κ2) is 7.86. The Balaban J connectivity index is 1.89. The van der Waals surface area contributed by atoms with Gasteiger partial charge in [-0.05, 0) is 29.0 Å². The molecule has 0 atom stereocenters. The number of para-hydroxylation sites is 1. The van der Waals surface area contributed by atoms with Gasteiger partial charge in [-0.25, -0.2) is 5.43 Å². The maximum atomic E-state index is 12.2. The Morgan fingerprint density at radius 1 is 1.15 bits per heavy atom. The molecule has 26 heavy (non-hydrogen) atoms. The number of hydrogen-bond donors (Lipinski definition) is 2. The predicted octanol–water partition coefficient (Wildman–Crippen LogP) is 3.20. The summed E-state index contributed by atoms with van der Waals surface area (Å²) in [5.74, 6) is 2.66. The van der Waals surface area contributed by atoms with Crippen molar-refractivity contribution in [3.05, 3.63) is 71.8 Å². The molecule has 0 aliphatic heterocycles. The number of hydrogen-bond acceptors (Lipinski definition) is 4. The van der Waals surface area contributed by atoms with Gasteiger partial charge in [-0.3, -0.25) is 4.79 Å². The number of amides is 1. The molecule has 0 aliphatic carbocycles. The number of ether oxygens (including phenoxy) is 1. The van der Waals surface area contributed by atoms with Crippen LogP contribution in [0.2, 0.25) is 0 Å². The maximum Gasteiger partial charge on any atom is 0.273 e. The minimum Gasteiger partial charge on any atom is -0.480 e. The summed E-state index contributed by atoms with van der Waals surface area (Å²) < 4.78 is 5.60. The molecule has 3 N–H and O–H groups in total. The van der Waals surface area contributed by atoms with Crippen LogP contribution < -0.4 is 15.9 Å². The molecule has 0 saturated carbocycles. The Hall–Kier alpha value is -3.78. The topological polar surface area (TPSA) is 76.7 Å². The van der Waals surface area contributed by atoms with Crippen molar-refractivity contribution in [2.45, 2.75) is 0 Å². The van der Waals surface area contributed by atoms with Gasteiger partial charge >= 0.3 is 0 Å². The number of carbonyl (C=O) groups is 1. The standard InChI is InChI=1S/C21H17N3O2/c1-2-13-26-20-12-11-15-7-3-4-8-16(15)18(20)14-23-24-21(25)17-9-5-6-10-19(17)22/h1,3-12,14H,13,22H2,(H,24,25)/b23-14+. The fourth-order valence-corrected chi connectivity index (χ4v) is 2.57. The normalized spacial score (nSPS) is 10.6. The first-order valence-corrected chi connectivity index (χ1v) is 7.96. The number of rotatable bonds is 5. The van der Waals surface area contributed by atoms with Gasteiger partial charge in [0.15, 0.2) is 0 Å². The molecule has 128 valence electrons. The minimum atomic E-state index is -0.384. The summed E-state index contributed by atoms with van der Waals surface area (Å²) in [4.78, 5) is 12.2. The molecule has 5 heteroatoms. The number of nitrogens with one attached hydrogen (secondary N) is 1. The van der Waals surface area contributed by atoms with E-state index in [-0.39, 0.29) is 12.5 Å². The highest BCUT2D eigenvalue weighted by Crippen LogP contribution is 2.26. The summed E-state index contributed by atoms with van der Waals surface area (Å²) in [5, 5.41) is 6.04. The fraction of sp³-hybridized carbons (Fsp3) is 0.0476. The number of benzene rings is 3. The highest BCUT2D eigenvalue weighted by molar-refractivity contribution is 6.03. The van der Waals surface area contributed by atoms with Crippen LogP contribution in [0.1, 0.15) is 15.9 Å². The van der Waals surface area contributed by atoms with Gasteiger partial charge in [-0.15, -0.1) is 6.42 Å². The van der Waals surface area contributed by atoms with Crippen LogP contribution >= 0.6 is 0 Å². The van der Waals surface area contributed by atoms with Gasteiger partial charge in [-0.2, -0.15) is 5.10 Å². The van der Waals surface area contributed by atoms with Crippen LogP contribution in [0, 0.1) is 12.3 Å². The van der Waals surface area contributed by atoms with E-state index in [2.05, 4.69) is 16.4 Å². The molecule has 0 radical (unpaired) electrons. The Morgan fingerprint density at radius 2 is 1.92 bits per heavy atom. The number of nitrogen functional groups attached to an aromatic ring is 1. The molecule has 0 bridgehead atoms. The van der Waals surface area contributed by atoms with Crippen LogP contribution in [0.3, 0.4) is 0 Å². The molecule has 0 unspecified atom stereocenters. The van der Waals surface area contributed by atoms with Crippen LogP contribution in [0.15, 0.2) is 65.8 Å². The van der Waals surface area contributed by atoms with Crippen LogP contribution in [0.25, 0.3) is 10.8 Å². The lowest BCUT2D eigenvalue weighted by molar-refractivity contribution is 0.0956. The zero-order valence-electron chi connectivity index (χ0n) is 14.0. The molecule has 3 rings (SSSR count). The van der Waals surface area contributed by atoms with Gasteiger partial charge in [0.2, 0.25) is 0 Å². The van der Waals surface area contributed by atoms with E-state index < -0.39 is 0 Å². The lowest BCUT2D eigenvalue weighted by atomic mass is 10.0. The van der Waals surface area contributed by atoms with E-state index in [1.165, 1.54) is 0 Å². The summed E-state index contributed by atoms with van der Waals surface area (Å²) in [7, 11) is 0. The molecule has 0 saturated heterocycles. The summed E-state index contributed by atoms with van der Waals surface area (Å²) in [6, 6.07) is 18.4. The number of fused-ring (bicyclic) bond motifs is 1. The number of carbonyl (C=O) groups excluding carboxylic acids is 1. The zero-order valence-corrected chi connectivity index (χ0v) is 14.0. The van der Waals surface area contributed by atoms with Crippen LogP contribution in [0.5, 0.6) is 5.75 Å². The molecule has 5 nitrogen and oxygen atoms in total. The van der Waals surface area contributed by atoms with Gasteiger partial charge in [0, 0.05) is 11.3 Å². The summed E-state index contributed by atoms with van der Waals surface area (Å²) in [6.45, 7) is 0.145. The average molecular weight is 343 g/mol. The molecule has 0 fully saturated rings. The van der Waals surface area contributed by atoms with Crippen molar-refractivity contribution in [1.82, 2.24) is 5.43 Å². The van der Waals surface area contributed by atoms with Gasteiger partial charge < -0.3 is 10.5 Å². The second-order valence-electron chi connectivity index (χ2n) is 5.48. The highest BCUT2D eigenvalue weighted by atomic mass is 16.5. The lowest BCUT2D eigenvalue weighted by Gasteiger charge is -2.10. The highest BCUT2D eigenvalue weighted by Gasteiger charge is 2.09. The first-order chi connectivity index (χ1) is 12.7. The number of hydrazone groups is 1. The third-order valence-corrected chi connectivity index (χ3v) is 3.81. The molecule has 3 aromatic carbocycles. The van der Waals surface area contributed by atoms with Crippen molar-refractivity contribution < 1.29 is 9.53 Å². The van der Waals surface area contributed by atoms with Crippen molar-refractivity contribution in [3.8, 4) is 18.1 Å². The maximum absolute atomic E-state index is 12.2. The van der Waals surface area contributed by atoms with Gasteiger partial charge in [-0.1, -0.05) is 48.4 Å². The van der Waals surface area contributed by atoms with Crippen molar-refractivity contribution in [2.24, 2.45) is 5.10 Å². The molecular weight excluding hydrogens is 326 g/mol. The quantitative estimate of drug-likeness (QED) is 0.323. The monoisotopic (exact) mass is 343 g/mol. The Morgan fingerprint density at radius 3 is 2.73 bits per heavy atom. The third-order valence-electron chi connectivity index (χ3n) is 3.81. The fourth-order valence-electron chi connectivity index (χ4n) is 2.57. The van der Waals surface area contributed by atoms with Crippen LogP contribution in [0.4, 0.5) is 5.69 Å². The van der Waals surface area contributed by atoms with Gasteiger partial charge in [0.05, 0.1) is 11.8 Å². The second-order valence-corrected chi connectivity index (χ2v) is 5.48. The van der Waals surface area contributed by atoms with Gasteiger partial charge in [0.1, 0.15) is 12.4 Å². The molecule has 0 heterocycles. The van der Waals surface area contributed by atoms with E-state index in [0.717, 1.165) is 16.3 Å². The largest absolute Gasteiger partial charge is 0.480 e. The van der Waals surface area contributed by atoms with Crippen LogP contribution in [-0.4, -0.2) is 18.7 Å². The smallest absolute Gasteiger partial charge is 0.273 e. The SMILES string of the molecule is C#CCOc1ccc2ccccc2c1/C=N/NC(=O)c1ccccc1N. The van der Waals surface area contributed by atoms with Crippen molar-refractivity contribution >= 4 is 28.6 Å². The van der Waals surface area contributed by atoms with E-state index >= 15 is 0 Å². The first-order valence-electron chi connectivity index (χ1n) is 7.96. The third kappa shape index (κ3) is 3.65. The average Bonchev–Trinajstić information content (AvgIpc) is 2.67. The number of nitrogens with two attached hydrogens (primary N) is 1. The van der Waals surface area contributed by atoms with Crippen molar-refractivity contribution in [3.63, 3.8) is 0 Å². The van der Waals surface area contributed by atoms with E-state index in [0.29, 0.717) is 17.0 Å².